The molecule has 1 N–H and O–H groups in total. The van der Waals surface area contributed by atoms with Crippen LogP contribution >= 0.6 is 0 Å². The van der Waals surface area contributed by atoms with E-state index < -0.39 is 0 Å². The van der Waals surface area contributed by atoms with Gasteiger partial charge < -0.3 is 14.6 Å². The number of nitrogens with zero attached hydrogens (tertiary/aromatic N) is 2. The van der Waals surface area contributed by atoms with Crippen molar-refractivity contribution in [2.75, 3.05) is 20.3 Å². The lowest BCUT2D eigenvalue weighted by Gasteiger charge is -2.15. The minimum absolute atomic E-state index is 0.00855. The third-order valence-corrected chi connectivity index (χ3v) is 3.24. The molecule has 2 aromatic heterocycles. The number of carbonyl (C=O) groups is 1. The Morgan fingerprint density at radius 3 is 3.11 bits per heavy atom. The van der Waals surface area contributed by atoms with Gasteiger partial charge in [-0.2, -0.15) is 0 Å². The van der Waals surface area contributed by atoms with Gasteiger partial charge in [0.15, 0.2) is 0 Å². The number of aryl methyl sites for hydroxylation is 1. The van der Waals surface area contributed by atoms with Crippen LogP contribution in [0.5, 0.6) is 0 Å². The second-order valence-corrected chi connectivity index (χ2v) is 4.57. The fraction of sp³-hybridized carbons (Fsp3) is 0.429. The van der Waals surface area contributed by atoms with Crippen molar-refractivity contribution in [2.45, 2.75) is 19.9 Å². The quantitative estimate of drug-likeness (QED) is 0.833. The van der Waals surface area contributed by atoms with Crippen LogP contribution in [0.3, 0.4) is 0 Å². The van der Waals surface area contributed by atoms with Gasteiger partial charge in [-0.25, -0.2) is 0 Å². The van der Waals surface area contributed by atoms with E-state index in [1.165, 1.54) is 0 Å². The molecule has 5 heteroatoms. The summed E-state index contributed by atoms with van der Waals surface area (Å²) < 4.78 is 6.90. The van der Waals surface area contributed by atoms with Crippen molar-refractivity contribution in [3.8, 4) is 0 Å². The molecule has 0 aromatic carbocycles. The molecule has 2 heterocycles. The molecule has 0 spiro atoms. The Bertz CT molecular complexity index is 577. The molecule has 0 aliphatic rings. The maximum Gasteiger partial charge on any atom is 0.242 e. The number of pyridine rings is 1. The Balaban J connectivity index is 2.21. The molecule has 5 nitrogen and oxygen atoms in total. The first-order valence-electron chi connectivity index (χ1n) is 6.33. The Morgan fingerprint density at radius 2 is 2.37 bits per heavy atom. The first kappa shape index (κ1) is 13.5. The van der Waals surface area contributed by atoms with Crippen molar-refractivity contribution in [3.05, 3.63) is 30.2 Å². The molecule has 1 atom stereocenters. The molecule has 2 aromatic rings. The first-order valence-corrected chi connectivity index (χ1v) is 6.33. The van der Waals surface area contributed by atoms with Crippen LogP contribution in [0.1, 0.15) is 18.5 Å². The molecular weight excluding hydrogens is 242 g/mol. The summed E-state index contributed by atoms with van der Waals surface area (Å²) in [7, 11) is 1.62. The Hall–Kier alpha value is -1.88. The summed E-state index contributed by atoms with van der Waals surface area (Å²) in [5, 5.41) is 3.94. The molecule has 0 fully saturated rings. The number of carbonyl (C=O) groups excluding carboxylic acids is 1. The van der Waals surface area contributed by atoms with E-state index in [1.54, 1.807) is 13.3 Å². The van der Waals surface area contributed by atoms with Gasteiger partial charge in [-0.15, -0.1) is 0 Å². The summed E-state index contributed by atoms with van der Waals surface area (Å²) in [5.74, 6) is -0.00855. The van der Waals surface area contributed by atoms with Crippen LogP contribution in [-0.2, 0) is 9.53 Å². The third kappa shape index (κ3) is 2.76. The van der Waals surface area contributed by atoms with Crippen LogP contribution in [0, 0.1) is 6.92 Å². The number of fused-ring (bicyclic) bond motifs is 1. The number of rotatable bonds is 5. The van der Waals surface area contributed by atoms with Gasteiger partial charge in [0.2, 0.25) is 5.91 Å². The van der Waals surface area contributed by atoms with E-state index in [4.69, 9.17) is 4.74 Å². The van der Waals surface area contributed by atoms with Crippen molar-refractivity contribution in [2.24, 2.45) is 0 Å². The van der Waals surface area contributed by atoms with Gasteiger partial charge in [-0.05, 0) is 25.5 Å². The minimum Gasteiger partial charge on any atom is -0.383 e. The van der Waals surface area contributed by atoms with Gasteiger partial charge in [0.05, 0.1) is 12.1 Å². The first-order chi connectivity index (χ1) is 9.15. The number of nitrogens with one attached hydrogen (secondary N) is 1. The molecule has 0 unspecified atom stereocenters. The van der Waals surface area contributed by atoms with E-state index in [1.807, 2.05) is 36.9 Å². The maximum atomic E-state index is 12.1. The fourth-order valence-electron chi connectivity index (χ4n) is 2.13. The van der Waals surface area contributed by atoms with Gasteiger partial charge >= 0.3 is 0 Å². The predicted molar refractivity (Wildman–Crippen MR) is 74.1 cm³/mol. The second-order valence-electron chi connectivity index (χ2n) is 4.57. The average molecular weight is 261 g/mol. The highest BCUT2D eigenvalue weighted by Gasteiger charge is 2.17. The van der Waals surface area contributed by atoms with Gasteiger partial charge in [0.1, 0.15) is 6.04 Å². The van der Waals surface area contributed by atoms with E-state index in [2.05, 4.69) is 10.3 Å². The zero-order valence-corrected chi connectivity index (χ0v) is 11.5. The van der Waals surface area contributed by atoms with Crippen LogP contribution in [0.4, 0.5) is 0 Å². The molecule has 2 rings (SSSR count). The molecule has 0 aliphatic carbocycles. The summed E-state index contributed by atoms with van der Waals surface area (Å²) in [6.45, 7) is 4.96. The van der Waals surface area contributed by atoms with E-state index in [-0.39, 0.29) is 11.9 Å². The van der Waals surface area contributed by atoms with Crippen molar-refractivity contribution >= 4 is 16.8 Å². The van der Waals surface area contributed by atoms with Crippen LogP contribution < -0.4 is 5.32 Å². The number of hydrogen-bond acceptors (Lipinski definition) is 3. The number of hydrogen-bond donors (Lipinski definition) is 1. The van der Waals surface area contributed by atoms with Gasteiger partial charge in [0, 0.05) is 37.6 Å². The lowest BCUT2D eigenvalue weighted by atomic mass is 10.2. The molecular formula is C14H19N3O2. The van der Waals surface area contributed by atoms with E-state index in [9.17, 15) is 4.79 Å². The summed E-state index contributed by atoms with van der Waals surface area (Å²) in [4.78, 5) is 16.2. The number of methoxy groups -OCH3 is 1. The number of ether oxygens (including phenoxy) is 1. The van der Waals surface area contributed by atoms with Crippen LogP contribution in [0.2, 0.25) is 0 Å². The van der Waals surface area contributed by atoms with Crippen molar-refractivity contribution in [3.63, 3.8) is 0 Å². The van der Waals surface area contributed by atoms with Crippen LogP contribution in [0.15, 0.2) is 24.7 Å². The maximum absolute atomic E-state index is 12.1. The van der Waals surface area contributed by atoms with Crippen molar-refractivity contribution in [1.29, 1.82) is 0 Å². The zero-order chi connectivity index (χ0) is 13.8. The SMILES string of the molecule is COCCNC(=O)[C@@H](C)n1cc(C)c2cnccc21. The number of aromatic nitrogens is 2. The molecule has 0 saturated carbocycles. The Morgan fingerprint density at radius 1 is 1.58 bits per heavy atom. The molecule has 102 valence electrons. The normalized spacial score (nSPS) is 12.6. The highest BCUT2D eigenvalue weighted by molar-refractivity contribution is 5.87. The highest BCUT2D eigenvalue weighted by atomic mass is 16.5. The van der Waals surface area contributed by atoms with Crippen molar-refractivity contribution in [1.82, 2.24) is 14.9 Å². The lowest BCUT2D eigenvalue weighted by Crippen LogP contribution is -2.33. The van der Waals surface area contributed by atoms with Gasteiger partial charge in [-0.1, -0.05) is 0 Å². The lowest BCUT2D eigenvalue weighted by molar-refractivity contribution is -0.123. The molecule has 0 radical (unpaired) electrons. The summed E-state index contributed by atoms with van der Waals surface area (Å²) in [5.41, 5.74) is 2.15. The van der Waals surface area contributed by atoms with E-state index in [0.717, 1.165) is 16.5 Å². The molecule has 0 aliphatic heterocycles. The summed E-state index contributed by atoms with van der Waals surface area (Å²) in [6, 6.07) is 1.68. The Kier molecular flexibility index (Phi) is 4.16. The second kappa shape index (κ2) is 5.84. The number of amides is 1. The topological polar surface area (TPSA) is 56.1 Å². The Labute approximate surface area is 112 Å². The summed E-state index contributed by atoms with van der Waals surface area (Å²) >= 11 is 0. The smallest absolute Gasteiger partial charge is 0.242 e. The van der Waals surface area contributed by atoms with Crippen molar-refractivity contribution < 1.29 is 9.53 Å². The zero-order valence-electron chi connectivity index (χ0n) is 11.5. The fourth-order valence-corrected chi connectivity index (χ4v) is 2.13. The van der Waals surface area contributed by atoms with Crippen LogP contribution in [-0.4, -0.2) is 35.7 Å². The highest BCUT2D eigenvalue weighted by Crippen LogP contribution is 2.23. The largest absolute Gasteiger partial charge is 0.383 e. The van der Waals surface area contributed by atoms with Gasteiger partial charge in [0.25, 0.3) is 0 Å². The molecule has 19 heavy (non-hydrogen) atoms. The molecule has 0 bridgehead atoms. The summed E-state index contributed by atoms with van der Waals surface area (Å²) in [6.07, 6.45) is 5.57. The van der Waals surface area contributed by atoms with Crippen LogP contribution in [0.25, 0.3) is 10.9 Å². The monoisotopic (exact) mass is 261 g/mol. The van der Waals surface area contributed by atoms with E-state index >= 15 is 0 Å². The van der Waals surface area contributed by atoms with E-state index in [0.29, 0.717) is 13.2 Å². The molecule has 0 saturated heterocycles. The average Bonchev–Trinajstić information content (AvgIpc) is 2.76. The molecule has 1 amide bonds. The standard InChI is InChI=1S/C14H19N3O2/c1-10-9-17(13-4-5-15-8-12(10)13)11(2)14(18)16-6-7-19-3/h4-5,8-9,11H,6-7H2,1-3H3,(H,16,18)/t11-/m1/s1. The third-order valence-electron chi connectivity index (χ3n) is 3.24. The minimum atomic E-state index is -0.254. The predicted octanol–water partition coefficient (Wildman–Crippen LogP) is 1.67. The van der Waals surface area contributed by atoms with Gasteiger partial charge in [-0.3, -0.25) is 9.78 Å².